The molecule has 0 spiro atoms. The first-order chi connectivity index (χ1) is 11.7. The second-order valence-electron chi connectivity index (χ2n) is 7.11. The van der Waals surface area contributed by atoms with Crippen LogP contribution in [0.25, 0.3) is 34.1 Å². The van der Waals surface area contributed by atoms with Gasteiger partial charge in [0.2, 0.25) is 0 Å². The quantitative estimate of drug-likeness (QED) is 0.609. The predicted octanol–water partition coefficient (Wildman–Crippen LogP) is 4.74. The molecule has 0 aliphatic heterocycles. The van der Waals surface area contributed by atoms with Crippen molar-refractivity contribution in [1.82, 2.24) is 0 Å². The highest BCUT2D eigenvalue weighted by Crippen LogP contribution is 2.32. The topological polar surface area (TPSA) is 0 Å². The fraction of sp³-hybridized carbons (Fsp3) is 0.167. The van der Waals surface area contributed by atoms with Gasteiger partial charge in [0.15, 0.2) is 0 Å². The molecule has 3 aromatic carbocycles. The molecule has 0 saturated carbocycles. The number of rotatable bonds is 1. The van der Waals surface area contributed by atoms with Gasteiger partial charge in [-0.3, -0.25) is 0 Å². The van der Waals surface area contributed by atoms with Gasteiger partial charge in [-0.25, -0.2) is 0 Å². The van der Waals surface area contributed by atoms with Crippen LogP contribution in [-0.2, 0) is 0 Å². The smallest absolute Gasteiger partial charge is 0.00682 e. The molecule has 0 amide bonds. The minimum absolute atomic E-state index is 0.538. The van der Waals surface area contributed by atoms with Crippen molar-refractivity contribution in [2.75, 3.05) is 0 Å². The molecule has 0 heteroatoms. The van der Waals surface area contributed by atoms with E-state index >= 15 is 0 Å². The minimum Gasteiger partial charge on any atom is -0.0766 e. The molecule has 2 aliphatic rings. The van der Waals surface area contributed by atoms with E-state index < -0.39 is 0 Å². The van der Waals surface area contributed by atoms with E-state index in [4.69, 9.17) is 0 Å². The molecule has 5 rings (SSSR count). The fourth-order valence-electron chi connectivity index (χ4n) is 4.43. The average Bonchev–Trinajstić information content (AvgIpc) is 2.60. The molecule has 0 bridgehead atoms. The summed E-state index contributed by atoms with van der Waals surface area (Å²) in [4.78, 5) is 0. The summed E-state index contributed by atoms with van der Waals surface area (Å²) in [6.45, 7) is 4.39. The molecule has 24 heavy (non-hydrogen) atoms. The Morgan fingerprint density at radius 2 is 1.75 bits per heavy atom. The van der Waals surface area contributed by atoms with Gasteiger partial charge in [-0.15, -0.1) is 0 Å². The second kappa shape index (κ2) is 4.95. The Balaban J connectivity index is 1.92. The van der Waals surface area contributed by atoms with Crippen LogP contribution in [0.2, 0.25) is 0 Å². The lowest BCUT2D eigenvalue weighted by Crippen LogP contribution is -2.24. The van der Waals surface area contributed by atoms with E-state index in [-0.39, 0.29) is 0 Å². The third-order valence-corrected chi connectivity index (χ3v) is 5.54. The Hall–Kier alpha value is -2.60. The lowest BCUT2D eigenvalue weighted by molar-refractivity contribution is 0.877. The van der Waals surface area contributed by atoms with E-state index in [1.807, 2.05) is 0 Å². The van der Waals surface area contributed by atoms with Gasteiger partial charge < -0.3 is 0 Å². The van der Waals surface area contributed by atoms with E-state index in [0.717, 1.165) is 6.42 Å². The summed E-state index contributed by atoms with van der Waals surface area (Å²) in [5.41, 5.74) is 6.95. The number of allylic oxidation sites excluding steroid dienone is 2. The maximum absolute atomic E-state index is 2.45. The van der Waals surface area contributed by atoms with E-state index in [2.05, 4.69) is 80.6 Å². The number of benzene rings is 3. The maximum atomic E-state index is 2.45. The van der Waals surface area contributed by atoms with Crippen LogP contribution in [0, 0.1) is 13.8 Å². The first-order valence-electron chi connectivity index (χ1n) is 8.74. The molecule has 0 N–H and O–H groups in total. The van der Waals surface area contributed by atoms with Gasteiger partial charge in [0.25, 0.3) is 0 Å². The molecule has 0 aromatic heterocycles. The molecule has 0 nitrogen and oxygen atoms in total. The van der Waals surface area contributed by atoms with Crippen LogP contribution in [0.5, 0.6) is 0 Å². The van der Waals surface area contributed by atoms with Crippen molar-refractivity contribution in [1.29, 1.82) is 0 Å². The SMILES string of the molecule is Cc1ccc(-c2ccc3ccc4c5c3c2=CCC5C=CC=4)c(C)c1. The highest BCUT2D eigenvalue weighted by molar-refractivity contribution is 5.94. The van der Waals surface area contributed by atoms with E-state index in [1.54, 1.807) is 0 Å². The Labute approximate surface area is 142 Å². The summed E-state index contributed by atoms with van der Waals surface area (Å²) < 4.78 is 0. The van der Waals surface area contributed by atoms with Crippen LogP contribution in [0.15, 0.2) is 54.6 Å². The molecule has 0 saturated heterocycles. The fourth-order valence-corrected chi connectivity index (χ4v) is 4.43. The van der Waals surface area contributed by atoms with Gasteiger partial charge in [0.05, 0.1) is 0 Å². The van der Waals surface area contributed by atoms with E-state index in [0.29, 0.717) is 5.92 Å². The third kappa shape index (κ3) is 1.86. The Morgan fingerprint density at radius 1 is 0.917 bits per heavy atom. The molecular weight excluding hydrogens is 288 g/mol. The van der Waals surface area contributed by atoms with Crippen molar-refractivity contribution in [3.63, 3.8) is 0 Å². The Morgan fingerprint density at radius 3 is 2.62 bits per heavy atom. The van der Waals surface area contributed by atoms with Crippen LogP contribution in [0.3, 0.4) is 0 Å². The maximum Gasteiger partial charge on any atom is 0.00682 e. The highest BCUT2D eigenvalue weighted by Gasteiger charge is 2.20. The third-order valence-electron chi connectivity index (χ3n) is 5.54. The summed E-state index contributed by atoms with van der Waals surface area (Å²) in [6.07, 6.45) is 10.4. The van der Waals surface area contributed by atoms with Crippen LogP contribution in [0.4, 0.5) is 0 Å². The Bertz CT molecular complexity index is 1140. The monoisotopic (exact) mass is 308 g/mol. The normalized spacial score (nSPS) is 17.5. The molecule has 2 aliphatic carbocycles. The van der Waals surface area contributed by atoms with Crippen molar-refractivity contribution in [3.05, 3.63) is 81.7 Å². The average molecular weight is 308 g/mol. The van der Waals surface area contributed by atoms with Gasteiger partial charge >= 0.3 is 0 Å². The number of hydrogen-bond donors (Lipinski definition) is 0. The molecule has 3 aromatic rings. The first-order valence-corrected chi connectivity index (χ1v) is 8.74. The van der Waals surface area contributed by atoms with Crippen molar-refractivity contribution >= 4 is 22.9 Å². The number of hydrogen-bond acceptors (Lipinski definition) is 0. The van der Waals surface area contributed by atoms with Crippen molar-refractivity contribution < 1.29 is 0 Å². The van der Waals surface area contributed by atoms with Gasteiger partial charge in [-0.2, -0.15) is 0 Å². The number of aryl methyl sites for hydroxylation is 2. The molecule has 0 heterocycles. The lowest BCUT2D eigenvalue weighted by Gasteiger charge is -2.23. The zero-order valence-corrected chi connectivity index (χ0v) is 14.1. The summed E-state index contributed by atoms with van der Waals surface area (Å²) in [6, 6.07) is 15.9. The molecule has 1 atom stereocenters. The summed E-state index contributed by atoms with van der Waals surface area (Å²) >= 11 is 0. The van der Waals surface area contributed by atoms with Gasteiger partial charge in [0.1, 0.15) is 0 Å². The van der Waals surface area contributed by atoms with Gasteiger partial charge in [-0.1, -0.05) is 72.3 Å². The summed E-state index contributed by atoms with van der Waals surface area (Å²) in [7, 11) is 0. The van der Waals surface area contributed by atoms with Crippen LogP contribution < -0.4 is 10.4 Å². The van der Waals surface area contributed by atoms with Crippen molar-refractivity contribution in [2.24, 2.45) is 0 Å². The Kier molecular flexibility index (Phi) is 2.84. The van der Waals surface area contributed by atoms with Crippen LogP contribution in [0.1, 0.15) is 29.0 Å². The van der Waals surface area contributed by atoms with Crippen LogP contribution in [-0.4, -0.2) is 0 Å². The molecule has 116 valence electrons. The second-order valence-corrected chi connectivity index (χ2v) is 7.11. The summed E-state index contributed by atoms with van der Waals surface area (Å²) in [5, 5.41) is 5.64. The zero-order chi connectivity index (χ0) is 16.3. The lowest BCUT2D eigenvalue weighted by atomic mass is 9.80. The largest absolute Gasteiger partial charge is 0.0766 e. The van der Waals surface area contributed by atoms with Gasteiger partial charge in [-0.05, 0) is 63.7 Å². The molecule has 1 unspecified atom stereocenters. The molecular formula is C24H20. The minimum atomic E-state index is 0.538. The molecule has 0 fully saturated rings. The van der Waals surface area contributed by atoms with Gasteiger partial charge in [0, 0.05) is 5.92 Å². The highest BCUT2D eigenvalue weighted by atomic mass is 14.2. The van der Waals surface area contributed by atoms with Crippen LogP contribution >= 0.6 is 0 Å². The van der Waals surface area contributed by atoms with E-state index in [1.165, 1.54) is 49.0 Å². The first kappa shape index (κ1) is 13.8. The standard InChI is InChI=1S/C24H20/c1-15-6-11-20(16(2)14-15)21-12-9-19-8-7-17-4-3-5-18-10-13-22(21)24(19)23(17)18/h3-9,11-14,18H,10H2,1-2H3. The molecule has 0 radical (unpaired) electrons. The summed E-state index contributed by atoms with van der Waals surface area (Å²) in [5.74, 6) is 0.538. The zero-order valence-electron chi connectivity index (χ0n) is 14.1. The van der Waals surface area contributed by atoms with E-state index in [9.17, 15) is 0 Å². The van der Waals surface area contributed by atoms with Crippen molar-refractivity contribution in [2.45, 2.75) is 26.2 Å². The predicted molar refractivity (Wildman–Crippen MR) is 104 cm³/mol. The van der Waals surface area contributed by atoms with Crippen molar-refractivity contribution in [3.8, 4) is 11.1 Å².